The van der Waals surface area contributed by atoms with Crippen molar-refractivity contribution in [2.45, 2.75) is 13.3 Å². The van der Waals surface area contributed by atoms with E-state index in [9.17, 15) is 0 Å². The van der Waals surface area contributed by atoms with Crippen LogP contribution in [0.1, 0.15) is 22.7 Å². The Bertz CT molecular complexity index is 1610. The third-order valence-electron chi connectivity index (χ3n) is 5.19. The Morgan fingerprint density at radius 1 is 1.17 bits per heavy atom. The molecule has 0 aliphatic carbocycles. The average Bonchev–Trinajstić information content (AvgIpc) is 3.50. The number of aryl methyl sites for hydroxylation is 1. The van der Waals surface area contributed by atoms with E-state index in [0.29, 0.717) is 17.2 Å². The minimum absolute atomic E-state index is 0.00595. The van der Waals surface area contributed by atoms with Gasteiger partial charge in [-0.3, -0.25) is 4.98 Å². The van der Waals surface area contributed by atoms with Crippen LogP contribution in [-0.4, -0.2) is 25.1 Å². The largest absolute Gasteiger partial charge is 0.453 e. The summed E-state index contributed by atoms with van der Waals surface area (Å²) in [6.07, 6.45) is 3.36. The first-order valence-electron chi connectivity index (χ1n) is 10.6. The van der Waals surface area contributed by atoms with Crippen molar-refractivity contribution >= 4 is 23.2 Å². The minimum atomic E-state index is -0.697. The maximum atomic E-state index is 15.4. The Balaban J connectivity index is 1.40. The van der Waals surface area contributed by atoms with Gasteiger partial charge in [0.05, 0.1) is 28.8 Å². The van der Waals surface area contributed by atoms with E-state index in [4.69, 9.17) is 37.6 Å². The van der Waals surface area contributed by atoms with E-state index in [2.05, 4.69) is 25.1 Å². The number of pyridine rings is 1. The smallest absolute Gasteiger partial charge is 0.266 e. The minimum Gasteiger partial charge on any atom is -0.453 e. The zero-order valence-electron chi connectivity index (χ0n) is 18.6. The molecule has 5 rings (SSSR count). The number of hydrogen-bond acceptors (Lipinski definition) is 7. The van der Waals surface area contributed by atoms with Gasteiger partial charge >= 0.3 is 0 Å². The molecule has 3 aromatic heterocycles. The van der Waals surface area contributed by atoms with E-state index in [1.165, 1.54) is 30.3 Å². The molecule has 3 heterocycles. The SMILES string of the molecule is Cc1nc(-c2cccnc2)[nH]c1-c1nnc(Cc2ccc(Cl)c(Oc3cc(Cl)cc(C#N)c3)c2F)o1. The van der Waals surface area contributed by atoms with Gasteiger partial charge < -0.3 is 14.1 Å². The molecule has 0 saturated carbocycles. The van der Waals surface area contributed by atoms with Crippen molar-refractivity contribution in [3.8, 4) is 40.5 Å². The lowest BCUT2D eigenvalue weighted by molar-refractivity contribution is 0.437. The molecule has 0 aliphatic rings. The van der Waals surface area contributed by atoms with Crippen molar-refractivity contribution in [3.63, 3.8) is 0 Å². The van der Waals surface area contributed by atoms with Gasteiger partial charge in [-0.1, -0.05) is 29.3 Å². The molecule has 5 aromatic rings. The van der Waals surface area contributed by atoms with Gasteiger partial charge in [-0.25, -0.2) is 9.37 Å². The van der Waals surface area contributed by atoms with Crippen LogP contribution in [0.5, 0.6) is 11.5 Å². The van der Waals surface area contributed by atoms with Crippen LogP contribution in [0.4, 0.5) is 4.39 Å². The molecule has 8 nitrogen and oxygen atoms in total. The maximum absolute atomic E-state index is 15.4. The summed E-state index contributed by atoms with van der Waals surface area (Å²) < 4.78 is 26.8. The van der Waals surface area contributed by atoms with Crippen molar-refractivity contribution in [2.24, 2.45) is 0 Å². The number of hydrogen-bond donors (Lipinski definition) is 1. The Hall–Kier alpha value is -4.26. The third kappa shape index (κ3) is 4.77. The number of nitriles is 1. The molecule has 1 N–H and O–H groups in total. The summed E-state index contributed by atoms with van der Waals surface area (Å²) in [5, 5.41) is 17.6. The fourth-order valence-electron chi connectivity index (χ4n) is 3.50. The molecule has 0 spiro atoms. The van der Waals surface area contributed by atoms with Gasteiger partial charge in [0.2, 0.25) is 5.89 Å². The number of H-pyrrole nitrogens is 1. The van der Waals surface area contributed by atoms with Gasteiger partial charge in [0.25, 0.3) is 5.89 Å². The predicted molar refractivity (Wildman–Crippen MR) is 130 cm³/mol. The first-order valence-corrected chi connectivity index (χ1v) is 11.3. The van der Waals surface area contributed by atoms with Crippen LogP contribution < -0.4 is 4.74 Å². The Morgan fingerprint density at radius 2 is 2.03 bits per heavy atom. The lowest BCUT2D eigenvalue weighted by atomic mass is 10.1. The highest BCUT2D eigenvalue weighted by Gasteiger charge is 2.20. The molecule has 0 unspecified atom stereocenters. The van der Waals surface area contributed by atoms with Crippen LogP contribution in [0, 0.1) is 24.1 Å². The quantitative estimate of drug-likeness (QED) is 0.270. The first-order chi connectivity index (χ1) is 17.4. The van der Waals surface area contributed by atoms with Crippen LogP contribution in [-0.2, 0) is 6.42 Å². The zero-order chi connectivity index (χ0) is 25.2. The number of ether oxygens (including phenoxy) is 1. The molecule has 178 valence electrons. The first kappa shape index (κ1) is 23.5. The second kappa shape index (κ2) is 9.77. The number of aromatic nitrogens is 5. The number of rotatable bonds is 6. The van der Waals surface area contributed by atoms with Crippen LogP contribution in [0.15, 0.2) is 59.3 Å². The second-order valence-electron chi connectivity index (χ2n) is 7.70. The highest BCUT2D eigenvalue weighted by Crippen LogP contribution is 2.36. The normalized spacial score (nSPS) is 10.9. The molecule has 2 aromatic carbocycles. The number of benzene rings is 2. The van der Waals surface area contributed by atoms with Gasteiger partial charge in [0.15, 0.2) is 11.6 Å². The monoisotopic (exact) mass is 520 g/mol. The standard InChI is InChI=1S/C25H15Cl2FN6O2/c1-13-22(32-24(31-13)16-3-2-6-30-12-16)25-34-33-20(36-25)9-15-4-5-19(27)23(21(15)28)35-18-8-14(11-29)7-17(26)10-18/h2-8,10,12H,9H2,1H3,(H,31,32). The summed E-state index contributed by atoms with van der Waals surface area (Å²) >= 11 is 12.2. The molecule has 0 saturated heterocycles. The van der Waals surface area contributed by atoms with E-state index in [-0.39, 0.29) is 50.9 Å². The Kier molecular flexibility index (Phi) is 6.38. The topological polar surface area (TPSA) is 114 Å². The summed E-state index contributed by atoms with van der Waals surface area (Å²) in [5.41, 5.74) is 2.52. The summed E-state index contributed by atoms with van der Waals surface area (Å²) in [7, 11) is 0. The number of aromatic amines is 1. The highest BCUT2D eigenvalue weighted by molar-refractivity contribution is 6.32. The second-order valence-corrected chi connectivity index (χ2v) is 8.55. The lowest BCUT2D eigenvalue weighted by Crippen LogP contribution is -1.98. The van der Waals surface area contributed by atoms with Gasteiger partial charge in [-0.05, 0) is 43.3 Å². The molecule has 11 heteroatoms. The molecule has 0 radical (unpaired) electrons. The summed E-state index contributed by atoms with van der Waals surface area (Å²) in [4.78, 5) is 11.8. The Labute approximate surface area is 214 Å². The van der Waals surface area contributed by atoms with Gasteiger partial charge in [0.1, 0.15) is 17.3 Å². The van der Waals surface area contributed by atoms with Crippen LogP contribution >= 0.6 is 23.2 Å². The maximum Gasteiger partial charge on any atom is 0.266 e. The molecule has 0 amide bonds. The van der Waals surface area contributed by atoms with E-state index in [1.807, 2.05) is 25.1 Å². The number of nitrogens with one attached hydrogen (secondary N) is 1. The number of halogens is 3. The van der Waals surface area contributed by atoms with Crippen molar-refractivity contribution in [1.82, 2.24) is 25.1 Å². The number of nitrogens with zero attached hydrogens (tertiary/aromatic N) is 5. The number of imidazole rings is 1. The molecule has 36 heavy (non-hydrogen) atoms. The fraction of sp³-hybridized carbons (Fsp3) is 0.0800. The van der Waals surface area contributed by atoms with E-state index in [1.54, 1.807) is 12.4 Å². The summed E-state index contributed by atoms with van der Waals surface area (Å²) in [5.74, 6) is 0.295. The van der Waals surface area contributed by atoms with Crippen molar-refractivity contribution in [2.75, 3.05) is 0 Å². The molecule has 0 aliphatic heterocycles. The molecule has 0 bridgehead atoms. The van der Waals surface area contributed by atoms with Crippen LogP contribution in [0.3, 0.4) is 0 Å². The van der Waals surface area contributed by atoms with Crippen molar-refractivity contribution < 1.29 is 13.5 Å². The van der Waals surface area contributed by atoms with E-state index >= 15 is 4.39 Å². The van der Waals surface area contributed by atoms with E-state index in [0.717, 1.165) is 5.56 Å². The predicted octanol–water partition coefficient (Wildman–Crippen LogP) is 6.53. The Morgan fingerprint density at radius 3 is 2.81 bits per heavy atom. The van der Waals surface area contributed by atoms with E-state index < -0.39 is 5.82 Å². The summed E-state index contributed by atoms with van der Waals surface area (Å²) in [6, 6.07) is 13.0. The van der Waals surface area contributed by atoms with Crippen LogP contribution in [0.25, 0.3) is 23.0 Å². The van der Waals surface area contributed by atoms with Crippen molar-refractivity contribution in [1.29, 1.82) is 5.26 Å². The lowest BCUT2D eigenvalue weighted by Gasteiger charge is -2.11. The highest BCUT2D eigenvalue weighted by atomic mass is 35.5. The average molecular weight is 521 g/mol. The molecular formula is C25H15Cl2FN6O2. The van der Waals surface area contributed by atoms with Gasteiger partial charge in [-0.15, -0.1) is 10.2 Å². The zero-order valence-corrected chi connectivity index (χ0v) is 20.1. The molecule has 0 fully saturated rings. The van der Waals surface area contributed by atoms with Crippen molar-refractivity contribution in [3.05, 3.63) is 93.4 Å². The van der Waals surface area contributed by atoms with Gasteiger partial charge in [-0.2, -0.15) is 5.26 Å². The third-order valence-corrected chi connectivity index (χ3v) is 5.71. The summed E-state index contributed by atoms with van der Waals surface area (Å²) in [6.45, 7) is 1.81. The van der Waals surface area contributed by atoms with Gasteiger partial charge in [0, 0.05) is 28.5 Å². The molecule has 0 atom stereocenters. The van der Waals surface area contributed by atoms with Crippen LogP contribution in [0.2, 0.25) is 10.0 Å². The fourth-order valence-corrected chi connectivity index (χ4v) is 3.91. The molecular weight excluding hydrogens is 506 g/mol.